The van der Waals surface area contributed by atoms with Gasteiger partial charge in [-0.3, -0.25) is 0 Å². The van der Waals surface area contributed by atoms with Crippen LogP contribution in [0, 0.1) is 6.92 Å². The number of nitrogens with one attached hydrogen (secondary N) is 2. The number of ether oxygens (including phenoxy) is 1. The summed E-state index contributed by atoms with van der Waals surface area (Å²) in [6.45, 7) is 7.00. The fraction of sp³-hybridized carbons (Fsp3) is 0.316. The van der Waals surface area contributed by atoms with Gasteiger partial charge < -0.3 is 15.4 Å². The minimum absolute atomic E-state index is 0.144. The van der Waals surface area contributed by atoms with Crippen LogP contribution in [0.5, 0.6) is 5.75 Å². The predicted molar refractivity (Wildman–Crippen MR) is 100 cm³/mol. The molecule has 128 valence electrons. The molecule has 0 aliphatic rings. The molecule has 2 amide bonds. The Morgan fingerprint density at radius 2 is 2.04 bits per heavy atom. The molecule has 24 heavy (non-hydrogen) atoms. The highest BCUT2D eigenvalue weighted by Gasteiger charge is 2.14. The largest absolute Gasteiger partial charge is 0.494 e. The second kappa shape index (κ2) is 8.73. The first kappa shape index (κ1) is 18.3. The van der Waals surface area contributed by atoms with Crippen LogP contribution in [0.4, 0.5) is 4.79 Å². The van der Waals surface area contributed by atoms with Crippen molar-refractivity contribution >= 4 is 22.0 Å². The minimum atomic E-state index is -0.202. The van der Waals surface area contributed by atoms with Gasteiger partial charge in [0.25, 0.3) is 0 Å². The number of hydrogen-bond acceptors (Lipinski definition) is 2. The van der Waals surface area contributed by atoms with Crippen LogP contribution in [0.25, 0.3) is 0 Å². The maximum Gasteiger partial charge on any atom is 0.315 e. The standard InChI is InChI=1S/C19H23BrN2O2/c1-4-24-18-9-8-13(2)10-17(18)14(3)22-19(23)21-12-15-6-5-7-16(20)11-15/h5-11,14H,4,12H2,1-3H3,(H2,21,22,23). The molecule has 0 bridgehead atoms. The van der Waals surface area contributed by atoms with Crippen LogP contribution >= 0.6 is 15.9 Å². The molecule has 1 atom stereocenters. The summed E-state index contributed by atoms with van der Waals surface area (Å²) in [4.78, 5) is 12.2. The second-order valence-electron chi connectivity index (χ2n) is 5.65. The lowest BCUT2D eigenvalue weighted by Crippen LogP contribution is -2.36. The van der Waals surface area contributed by atoms with Crippen molar-refractivity contribution in [2.75, 3.05) is 6.61 Å². The van der Waals surface area contributed by atoms with Crippen molar-refractivity contribution in [3.8, 4) is 5.75 Å². The van der Waals surface area contributed by atoms with Crippen LogP contribution in [0.3, 0.4) is 0 Å². The molecule has 0 radical (unpaired) electrons. The van der Waals surface area contributed by atoms with E-state index in [2.05, 4.69) is 26.6 Å². The molecule has 0 fully saturated rings. The maximum atomic E-state index is 12.2. The first-order chi connectivity index (χ1) is 11.5. The number of carbonyl (C=O) groups excluding carboxylic acids is 1. The summed E-state index contributed by atoms with van der Waals surface area (Å²) in [6, 6.07) is 13.5. The van der Waals surface area contributed by atoms with Gasteiger partial charge in [-0.05, 0) is 44.5 Å². The molecule has 1 unspecified atom stereocenters. The Bertz CT molecular complexity index is 704. The summed E-state index contributed by atoms with van der Waals surface area (Å²) >= 11 is 3.43. The van der Waals surface area contributed by atoms with Gasteiger partial charge in [0, 0.05) is 16.6 Å². The average Bonchev–Trinajstić information content (AvgIpc) is 2.55. The zero-order valence-corrected chi connectivity index (χ0v) is 15.8. The number of benzene rings is 2. The maximum absolute atomic E-state index is 12.2. The smallest absolute Gasteiger partial charge is 0.315 e. The molecule has 0 heterocycles. The third-order valence-corrected chi connectivity index (χ3v) is 4.11. The van der Waals surface area contributed by atoms with E-state index in [0.717, 1.165) is 26.9 Å². The number of halogens is 1. The molecule has 0 spiro atoms. The molecular weight excluding hydrogens is 368 g/mol. The van der Waals surface area contributed by atoms with Gasteiger partial charge in [-0.25, -0.2) is 4.79 Å². The van der Waals surface area contributed by atoms with Crippen molar-refractivity contribution in [2.24, 2.45) is 0 Å². The Hall–Kier alpha value is -2.01. The molecule has 0 saturated carbocycles. The number of urea groups is 1. The second-order valence-corrected chi connectivity index (χ2v) is 6.57. The molecule has 0 saturated heterocycles. The van der Waals surface area contributed by atoms with Gasteiger partial charge in [0.1, 0.15) is 5.75 Å². The summed E-state index contributed by atoms with van der Waals surface area (Å²) in [5.74, 6) is 0.808. The SMILES string of the molecule is CCOc1ccc(C)cc1C(C)NC(=O)NCc1cccc(Br)c1. The number of carbonyl (C=O) groups is 1. The molecule has 2 rings (SSSR count). The summed E-state index contributed by atoms with van der Waals surface area (Å²) in [5, 5.41) is 5.85. The number of aryl methyl sites for hydroxylation is 1. The normalized spacial score (nSPS) is 11.7. The van der Waals surface area contributed by atoms with Gasteiger partial charge in [0.05, 0.1) is 12.6 Å². The lowest BCUT2D eigenvalue weighted by atomic mass is 10.0. The van der Waals surface area contributed by atoms with E-state index >= 15 is 0 Å². The van der Waals surface area contributed by atoms with Crippen LogP contribution in [-0.2, 0) is 6.54 Å². The van der Waals surface area contributed by atoms with Gasteiger partial charge >= 0.3 is 6.03 Å². The Labute approximate surface area is 151 Å². The van der Waals surface area contributed by atoms with Crippen LogP contribution in [0.2, 0.25) is 0 Å². The van der Waals surface area contributed by atoms with Gasteiger partial charge in [0.2, 0.25) is 0 Å². The van der Waals surface area contributed by atoms with E-state index in [1.165, 1.54) is 0 Å². The van der Waals surface area contributed by atoms with Crippen molar-refractivity contribution in [3.63, 3.8) is 0 Å². The van der Waals surface area contributed by atoms with Crippen LogP contribution in [0.15, 0.2) is 46.9 Å². The zero-order valence-electron chi connectivity index (χ0n) is 14.2. The fourth-order valence-corrected chi connectivity index (χ4v) is 2.89. The highest BCUT2D eigenvalue weighted by molar-refractivity contribution is 9.10. The van der Waals surface area contributed by atoms with E-state index in [1.807, 2.05) is 63.2 Å². The average molecular weight is 391 g/mol. The molecule has 2 N–H and O–H groups in total. The van der Waals surface area contributed by atoms with E-state index in [4.69, 9.17) is 4.74 Å². The third-order valence-electron chi connectivity index (χ3n) is 3.62. The van der Waals surface area contributed by atoms with Crippen molar-refractivity contribution in [1.82, 2.24) is 10.6 Å². The fourth-order valence-electron chi connectivity index (χ4n) is 2.45. The summed E-state index contributed by atoms with van der Waals surface area (Å²) in [5.41, 5.74) is 3.16. The quantitative estimate of drug-likeness (QED) is 0.749. The van der Waals surface area contributed by atoms with Gasteiger partial charge in [-0.2, -0.15) is 0 Å². The zero-order chi connectivity index (χ0) is 17.5. The number of rotatable bonds is 6. The van der Waals surface area contributed by atoms with E-state index in [9.17, 15) is 4.79 Å². The molecule has 0 aliphatic carbocycles. The van der Waals surface area contributed by atoms with Gasteiger partial charge in [-0.1, -0.05) is 45.8 Å². The summed E-state index contributed by atoms with van der Waals surface area (Å²) < 4.78 is 6.66. The highest BCUT2D eigenvalue weighted by atomic mass is 79.9. The molecular formula is C19H23BrN2O2. The lowest BCUT2D eigenvalue weighted by Gasteiger charge is -2.19. The van der Waals surface area contributed by atoms with Crippen LogP contribution in [-0.4, -0.2) is 12.6 Å². The molecule has 2 aromatic rings. The summed E-state index contributed by atoms with van der Waals surface area (Å²) in [7, 11) is 0. The minimum Gasteiger partial charge on any atom is -0.494 e. The molecule has 0 aromatic heterocycles. The van der Waals surface area contributed by atoms with Crippen LogP contribution < -0.4 is 15.4 Å². The monoisotopic (exact) mass is 390 g/mol. The first-order valence-corrected chi connectivity index (χ1v) is 8.81. The van der Waals surface area contributed by atoms with Crippen LogP contribution in [0.1, 0.15) is 36.6 Å². The van der Waals surface area contributed by atoms with Crippen molar-refractivity contribution in [3.05, 3.63) is 63.6 Å². The Balaban J connectivity index is 1.97. The molecule has 0 aliphatic heterocycles. The molecule has 5 heteroatoms. The van der Waals surface area contributed by atoms with Gasteiger partial charge in [0.15, 0.2) is 0 Å². The predicted octanol–water partition coefficient (Wildman–Crippen LogP) is 4.72. The lowest BCUT2D eigenvalue weighted by molar-refractivity contribution is 0.237. The highest BCUT2D eigenvalue weighted by Crippen LogP contribution is 2.26. The number of amides is 2. The summed E-state index contributed by atoms with van der Waals surface area (Å²) in [6.07, 6.45) is 0. The Morgan fingerprint density at radius 1 is 1.25 bits per heavy atom. The van der Waals surface area contributed by atoms with E-state index < -0.39 is 0 Å². The molecule has 4 nitrogen and oxygen atoms in total. The van der Waals surface area contributed by atoms with Crippen molar-refractivity contribution in [1.29, 1.82) is 0 Å². The van der Waals surface area contributed by atoms with E-state index in [0.29, 0.717) is 13.2 Å². The van der Waals surface area contributed by atoms with E-state index in [1.54, 1.807) is 0 Å². The van der Waals surface area contributed by atoms with Gasteiger partial charge in [-0.15, -0.1) is 0 Å². The van der Waals surface area contributed by atoms with Crippen molar-refractivity contribution < 1.29 is 9.53 Å². The Morgan fingerprint density at radius 3 is 2.75 bits per heavy atom. The van der Waals surface area contributed by atoms with E-state index in [-0.39, 0.29) is 12.1 Å². The topological polar surface area (TPSA) is 50.4 Å². The third kappa shape index (κ3) is 5.27. The molecule has 2 aromatic carbocycles. The number of hydrogen-bond donors (Lipinski definition) is 2. The first-order valence-electron chi connectivity index (χ1n) is 8.01. The van der Waals surface area contributed by atoms with Crippen molar-refractivity contribution in [2.45, 2.75) is 33.4 Å². The Kier molecular flexibility index (Phi) is 6.67.